The Morgan fingerprint density at radius 1 is 0.708 bits per heavy atom. The van der Waals surface area contributed by atoms with Crippen LogP contribution in [0.3, 0.4) is 0 Å². The van der Waals surface area contributed by atoms with Gasteiger partial charge in [-0.05, 0) is 68.1 Å². The highest BCUT2D eigenvalue weighted by Gasteiger charge is 2.25. The van der Waals surface area contributed by atoms with E-state index >= 15 is 0 Å². The summed E-state index contributed by atoms with van der Waals surface area (Å²) in [5.74, 6) is 4.52. The molecule has 0 N–H and O–H groups in total. The van der Waals surface area contributed by atoms with Crippen LogP contribution in [0.25, 0.3) is 0 Å². The molecule has 0 radical (unpaired) electrons. The van der Waals surface area contributed by atoms with Crippen molar-refractivity contribution in [3.8, 4) is 0 Å². The normalized spacial score (nSPS) is 16.8. The SMILES string of the molecule is C=C(CC)CCC(C)CC(CC)C(CC(C)CC)CC(CC)CC. The van der Waals surface area contributed by atoms with Gasteiger partial charge in [0.25, 0.3) is 0 Å². The molecule has 0 aliphatic heterocycles. The Hall–Kier alpha value is -0.260. The van der Waals surface area contributed by atoms with Crippen LogP contribution in [0, 0.1) is 29.6 Å². The Morgan fingerprint density at radius 2 is 1.29 bits per heavy atom. The van der Waals surface area contributed by atoms with Crippen LogP contribution in [-0.2, 0) is 0 Å². The minimum Gasteiger partial charge on any atom is -0.0999 e. The van der Waals surface area contributed by atoms with E-state index in [1.165, 1.54) is 63.4 Å². The molecule has 0 aromatic carbocycles. The van der Waals surface area contributed by atoms with Crippen LogP contribution in [0.2, 0.25) is 0 Å². The zero-order valence-corrected chi connectivity index (χ0v) is 18.2. The fourth-order valence-corrected chi connectivity index (χ4v) is 4.17. The molecule has 0 heterocycles. The minimum absolute atomic E-state index is 0.847. The fourth-order valence-electron chi connectivity index (χ4n) is 4.17. The third-order valence-corrected chi connectivity index (χ3v) is 6.58. The lowest BCUT2D eigenvalue weighted by Gasteiger charge is -2.33. The Labute approximate surface area is 154 Å². The average Bonchev–Trinajstić information content (AvgIpc) is 2.60. The van der Waals surface area contributed by atoms with Gasteiger partial charge in [0.2, 0.25) is 0 Å². The van der Waals surface area contributed by atoms with Crippen molar-refractivity contribution in [2.75, 3.05) is 0 Å². The van der Waals surface area contributed by atoms with Gasteiger partial charge in [0.05, 0.1) is 0 Å². The second kappa shape index (κ2) is 14.0. The summed E-state index contributed by atoms with van der Waals surface area (Å²) in [6, 6.07) is 0. The van der Waals surface area contributed by atoms with E-state index < -0.39 is 0 Å². The zero-order chi connectivity index (χ0) is 18.5. The van der Waals surface area contributed by atoms with Crippen LogP contribution >= 0.6 is 0 Å². The van der Waals surface area contributed by atoms with Crippen LogP contribution in [0.15, 0.2) is 12.2 Å². The van der Waals surface area contributed by atoms with Crippen molar-refractivity contribution in [1.29, 1.82) is 0 Å². The summed E-state index contributed by atoms with van der Waals surface area (Å²) in [5, 5.41) is 0. The summed E-state index contributed by atoms with van der Waals surface area (Å²) in [6.07, 6.45) is 13.5. The van der Waals surface area contributed by atoms with Gasteiger partial charge in [-0.25, -0.2) is 0 Å². The van der Waals surface area contributed by atoms with Crippen molar-refractivity contribution in [3.63, 3.8) is 0 Å². The smallest absolute Gasteiger partial charge is 0.0321 e. The fraction of sp³-hybridized carbons (Fsp3) is 0.917. The molecule has 0 aliphatic carbocycles. The molecule has 144 valence electrons. The van der Waals surface area contributed by atoms with E-state index in [9.17, 15) is 0 Å². The summed E-state index contributed by atoms with van der Waals surface area (Å²) in [6.45, 7) is 20.9. The Balaban J connectivity index is 4.78. The van der Waals surface area contributed by atoms with Gasteiger partial charge >= 0.3 is 0 Å². The first-order chi connectivity index (χ1) is 11.4. The summed E-state index contributed by atoms with van der Waals surface area (Å²) < 4.78 is 0. The predicted molar refractivity (Wildman–Crippen MR) is 112 cm³/mol. The maximum Gasteiger partial charge on any atom is -0.0321 e. The monoisotopic (exact) mass is 336 g/mol. The van der Waals surface area contributed by atoms with E-state index in [2.05, 4.69) is 55.0 Å². The molecule has 4 unspecified atom stereocenters. The highest BCUT2D eigenvalue weighted by atomic mass is 14.3. The molecule has 4 atom stereocenters. The van der Waals surface area contributed by atoms with Crippen molar-refractivity contribution in [1.82, 2.24) is 0 Å². The van der Waals surface area contributed by atoms with Crippen LogP contribution in [0.4, 0.5) is 0 Å². The molecule has 0 bridgehead atoms. The molecule has 0 aromatic rings. The Kier molecular flexibility index (Phi) is 13.8. The van der Waals surface area contributed by atoms with Gasteiger partial charge in [0.1, 0.15) is 0 Å². The number of rotatable bonds is 15. The van der Waals surface area contributed by atoms with Gasteiger partial charge in [-0.15, -0.1) is 0 Å². The van der Waals surface area contributed by atoms with Gasteiger partial charge in [-0.2, -0.15) is 0 Å². The molecule has 0 saturated heterocycles. The lowest BCUT2D eigenvalue weighted by Crippen LogP contribution is -2.22. The standard InChI is InChI=1S/C24H48/c1-9-19(6)14-15-21(8)17-23(13-5)24(16-20(7)10-2)18-22(11-3)12-4/h20-24H,6,9-18H2,1-5,7-8H3. The van der Waals surface area contributed by atoms with E-state index in [0.29, 0.717) is 0 Å². The van der Waals surface area contributed by atoms with E-state index in [-0.39, 0.29) is 0 Å². The topological polar surface area (TPSA) is 0 Å². The quantitative estimate of drug-likeness (QED) is 0.262. The molecule has 0 aliphatic rings. The molecule has 24 heavy (non-hydrogen) atoms. The lowest BCUT2D eigenvalue weighted by atomic mass is 9.73. The van der Waals surface area contributed by atoms with Gasteiger partial charge in [-0.1, -0.05) is 86.3 Å². The third-order valence-electron chi connectivity index (χ3n) is 6.58. The van der Waals surface area contributed by atoms with E-state index in [0.717, 1.165) is 36.0 Å². The van der Waals surface area contributed by atoms with Crippen molar-refractivity contribution < 1.29 is 0 Å². The lowest BCUT2D eigenvalue weighted by molar-refractivity contribution is 0.182. The first kappa shape index (κ1) is 23.7. The predicted octanol–water partition coefficient (Wildman–Crippen LogP) is 8.66. The number of hydrogen-bond acceptors (Lipinski definition) is 0. The van der Waals surface area contributed by atoms with Gasteiger partial charge in [-0.3, -0.25) is 0 Å². The van der Waals surface area contributed by atoms with Crippen LogP contribution in [-0.4, -0.2) is 0 Å². The number of allylic oxidation sites excluding steroid dienone is 1. The molecule has 0 spiro atoms. The first-order valence-electron chi connectivity index (χ1n) is 11.1. The molecular formula is C24H48. The van der Waals surface area contributed by atoms with E-state index in [1.54, 1.807) is 0 Å². The molecule has 0 amide bonds. The first-order valence-corrected chi connectivity index (χ1v) is 11.1. The highest BCUT2D eigenvalue weighted by molar-refractivity contribution is 4.92. The van der Waals surface area contributed by atoms with E-state index in [4.69, 9.17) is 0 Å². The minimum atomic E-state index is 0.847. The zero-order valence-electron chi connectivity index (χ0n) is 18.2. The van der Waals surface area contributed by atoms with Crippen molar-refractivity contribution in [2.24, 2.45) is 29.6 Å². The maximum absolute atomic E-state index is 4.19. The van der Waals surface area contributed by atoms with Gasteiger partial charge in [0.15, 0.2) is 0 Å². The molecule has 0 saturated carbocycles. The van der Waals surface area contributed by atoms with Crippen molar-refractivity contribution >= 4 is 0 Å². The summed E-state index contributed by atoms with van der Waals surface area (Å²) in [5.41, 5.74) is 1.43. The van der Waals surface area contributed by atoms with Gasteiger partial charge in [0, 0.05) is 0 Å². The summed E-state index contributed by atoms with van der Waals surface area (Å²) in [4.78, 5) is 0. The number of hydrogen-bond donors (Lipinski definition) is 0. The van der Waals surface area contributed by atoms with Crippen LogP contribution in [0.5, 0.6) is 0 Å². The second-order valence-electron chi connectivity index (χ2n) is 8.58. The molecular weight excluding hydrogens is 288 g/mol. The van der Waals surface area contributed by atoms with Crippen LogP contribution < -0.4 is 0 Å². The second-order valence-corrected chi connectivity index (χ2v) is 8.58. The molecule has 0 nitrogen and oxygen atoms in total. The largest absolute Gasteiger partial charge is 0.0999 e. The maximum atomic E-state index is 4.19. The van der Waals surface area contributed by atoms with E-state index in [1.807, 2.05) is 0 Å². The Morgan fingerprint density at radius 3 is 1.75 bits per heavy atom. The highest BCUT2D eigenvalue weighted by Crippen LogP contribution is 2.36. The van der Waals surface area contributed by atoms with Crippen LogP contribution in [0.1, 0.15) is 113 Å². The third kappa shape index (κ3) is 9.90. The molecule has 0 rings (SSSR count). The van der Waals surface area contributed by atoms with Crippen molar-refractivity contribution in [2.45, 2.75) is 113 Å². The Bertz CT molecular complexity index is 299. The van der Waals surface area contributed by atoms with Crippen molar-refractivity contribution in [3.05, 3.63) is 12.2 Å². The average molecular weight is 337 g/mol. The van der Waals surface area contributed by atoms with Gasteiger partial charge < -0.3 is 0 Å². The molecule has 0 heteroatoms. The summed E-state index contributed by atoms with van der Waals surface area (Å²) in [7, 11) is 0. The molecule has 0 aromatic heterocycles. The molecule has 0 fully saturated rings. The summed E-state index contributed by atoms with van der Waals surface area (Å²) >= 11 is 0.